The fourth-order valence-electron chi connectivity index (χ4n) is 0.919. The summed E-state index contributed by atoms with van der Waals surface area (Å²) in [7, 11) is -9.48. The molecule has 0 aromatic heterocycles. The Bertz CT molecular complexity index is 543. The molecule has 7 nitrogen and oxygen atoms in total. The van der Waals surface area contributed by atoms with Crippen molar-refractivity contribution in [2.24, 2.45) is 0 Å². The van der Waals surface area contributed by atoms with E-state index < -0.39 is 35.8 Å². The Morgan fingerprint density at radius 2 is 1.12 bits per heavy atom. The van der Waals surface area contributed by atoms with Gasteiger partial charge in [0, 0.05) is 0 Å². The van der Waals surface area contributed by atoms with E-state index in [1.165, 1.54) is 0 Å². The number of hydrogen-bond acceptors (Lipinski definition) is 5. The second kappa shape index (κ2) is 6.85. The maximum absolute atomic E-state index is 10.7. The van der Waals surface area contributed by atoms with Crippen LogP contribution in [0.3, 0.4) is 0 Å². The molecule has 0 atom stereocenters. The summed E-state index contributed by atoms with van der Waals surface area (Å²) in [6.07, 6.45) is 0. The van der Waals surface area contributed by atoms with Gasteiger partial charge >= 0.3 is 59.1 Å². The van der Waals surface area contributed by atoms with E-state index in [1.807, 2.05) is 0 Å². The van der Waals surface area contributed by atoms with Crippen LogP contribution in [0.5, 0.6) is 5.75 Å². The van der Waals surface area contributed by atoms with Gasteiger partial charge in [-0.25, -0.2) is 0 Å². The molecule has 1 rings (SSSR count). The van der Waals surface area contributed by atoms with Crippen LogP contribution in [0.25, 0.3) is 0 Å². The van der Waals surface area contributed by atoms with E-state index in [1.54, 1.807) is 0 Å². The number of aromatic hydroxyl groups is 1. The van der Waals surface area contributed by atoms with E-state index in [0.29, 0.717) is 0 Å². The maximum atomic E-state index is 10.7. The summed E-state index contributed by atoms with van der Waals surface area (Å²) in [6, 6.07) is 2.53. The van der Waals surface area contributed by atoms with Gasteiger partial charge in [0.15, 0.2) is 5.75 Å². The molecule has 0 spiro atoms. The van der Waals surface area contributed by atoms with Crippen LogP contribution in [0, 0.1) is 0 Å². The van der Waals surface area contributed by atoms with Crippen LogP contribution in [0.4, 0.5) is 0 Å². The van der Waals surface area contributed by atoms with E-state index in [4.69, 9.17) is 9.11 Å². The van der Waals surface area contributed by atoms with Gasteiger partial charge in [-0.1, -0.05) is 6.07 Å². The van der Waals surface area contributed by atoms with Gasteiger partial charge in [-0.3, -0.25) is 9.11 Å². The van der Waals surface area contributed by atoms with E-state index in [-0.39, 0.29) is 59.1 Å². The molecule has 0 aliphatic heterocycles. The third-order valence-electron chi connectivity index (χ3n) is 1.52. The Morgan fingerprint density at radius 1 is 0.824 bits per heavy atom. The molecule has 0 saturated carbocycles. The van der Waals surface area contributed by atoms with Crippen LogP contribution < -0.4 is 0 Å². The van der Waals surface area contributed by atoms with E-state index in [2.05, 4.69) is 0 Å². The van der Waals surface area contributed by atoms with Gasteiger partial charge in [-0.2, -0.15) is 16.8 Å². The fourth-order valence-corrected chi connectivity index (χ4v) is 2.19. The summed E-state index contributed by atoms with van der Waals surface area (Å²) in [5, 5.41) is 9.18. The Kier molecular flexibility index (Phi) is 8.12. The van der Waals surface area contributed by atoms with Crippen molar-refractivity contribution < 1.29 is 31.0 Å². The average molecular weight is 302 g/mol. The van der Waals surface area contributed by atoms with Gasteiger partial charge < -0.3 is 5.11 Å². The molecule has 88 valence electrons. The van der Waals surface area contributed by atoms with Crippen molar-refractivity contribution in [2.75, 3.05) is 0 Å². The summed E-state index contributed by atoms with van der Waals surface area (Å²) in [6.45, 7) is 0. The van der Waals surface area contributed by atoms with Gasteiger partial charge in [0.2, 0.25) is 0 Å². The number of phenols is 1. The zero-order valence-corrected chi connectivity index (χ0v) is 8.66. The van der Waals surface area contributed by atoms with Gasteiger partial charge in [0.05, 0.1) is 0 Å². The van der Waals surface area contributed by atoms with Gasteiger partial charge in [-0.05, 0) is 12.1 Å². The third kappa shape index (κ3) is 5.15. The van der Waals surface area contributed by atoms with Crippen molar-refractivity contribution in [1.29, 1.82) is 0 Å². The van der Waals surface area contributed by atoms with Crippen molar-refractivity contribution in [3.05, 3.63) is 18.2 Å². The third-order valence-corrected chi connectivity index (χ3v) is 3.29. The molecule has 0 aliphatic carbocycles. The summed E-state index contributed by atoms with van der Waals surface area (Å²) >= 11 is 0. The summed E-state index contributed by atoms with van der Waals surface area (Å²) in [5.74, 6) is -1.22. The molecule has 0 saturated heterocycles. The predicted octanol–water partition coefficient (Wildman–Crippen LogP) is -1.41. The van der Waals surface area contributed by atoms with Crippen molar-refractivity contribution in [3.63, 3.8) is 0 Å². The number of benzene rings is 1. The fraction of sp³-hybridized carbons (Fsp3) is 0. The molecule has 0 unspecified atom stereocenters. The Hall–Kier alpha value is 0.840. The first-order valence-corrected chi connectivity index (χ1v) is 6.29. The summed E-state index contributed by atoms with van der Waals surface area (Å²) < 4.78 is 59.8. The van der Waals surface area contributed by atoms with E-state index in [9.17, 15) is 21.9 Å². The SMILES string of the molecule is O=S(=O)(O)c1cccc(S(=O)(=O)O)c1O.[NaH].[NaH]. The quantitative estimate of drug-likeness (QED) is 0.452. The zero-order valence-electron chi connectivity index (χ0n) is 7.02. The molecule has 11 heteroatoms. The molecular formula is C6H8Na2O7S2. The summed E-state index contributed by atoms with van der Waals surface area (Å²) in [4.78, 5) is -1.98. The zero-order chi connectivity index (χ0) is 11.9. The number of para-hydroxylation sites is 1. The molecule has 0 amide bonds. The van der Waals surface area contributed by atoms with Crippen LogP contribution in [0.1, 0.15) is 0 Å². The number of hydrogen-bond donors (Lipinski definition) is 3. The van der Waals surface area contributed by atoms with Crippen LogP contribution in [0.15, 0.2) is 28.0 Å². The second-order valence-electron chi connectivity index (χ2n) is 2.55. The van der Waals surface area contributed by atoms with Gasteiger partial charge in [-0.15, -0.1) is 0 Å². The minimum atomic E-state index is -4.74. The van der Waals surface area contributed by atoms with Crippen LogP contribution >= 0.6 is 0 Å². The Morgan fingerprint density at radius 3 is 1.35 bits per heavy atom. The molecule has 0 aliphatic rings. The summed E-state index contributed by atoms with van der Waals surface area (Å²) in [5.41, 5.74) is 0. The molecule has 1 aromatic rings. The first kappa shape index (κ1) is 20.2. The topological polar surface area (TPSA) is 129 Å². The van der Waals surface area contributed by atoms with Crippen LogP contribution in [0.2, 0.25) is 0 Å². The molecule has 3 N–H and O–H groups in total. The second-order valence-corrected chi connectivity index (χ2v) is 5.33. The number of rotatable bonds is 2. The Balaban J connectivity index is 0. The Labute approximate surface area is 142 Å². The van der Waals surface area contributed by atoms with Crippen LogP contribution in [-0.2, 0) is 20.2 Å². The van der Waals surface area contributed by atoms with Gasteiger partial charge in [0.1, 0.15) is 9.79 Å². The molecule has 1 aromatic carbocycles. The monoisotopic (exact) mass is 302 g/mol. The normalized spacial score (nSPS) is 11.2. The van der Waals surface area contributed by atoms with Crippen molar-refractivity contribution in [1.82, 2.24) is 0 Å². The molecule has 17 heavy (non-hydrogen) atoms. The van der Waals surface area contributed by atoms with Gasteiger partial charge in [0.25, 0.3) is 20.2 Å². The standard InChI is InChI=1S/C6H6O7S2.2Na.2H/c7-6-4(14(8,9)10)2-1-3-5(6)15(11,12)13;;;;/h1-3,7H,(H,8,9,10)(H,11,12,13);;;;. The van der Waals surface area contributed by atoms with E-state index >= 15 is 0 Å². The van der Waals surface area contributed by atoms with Crippen LogP contribution in [-0.4, -0.2) is 90.2 Å². The predicted molar refractivity (Wildman–Crippen MR) is 62.0 cm³/mol. The molecule has 0 fully saturated rings. The molecule has 0 bridgehead atoms. The minimum absolute atomic E-state index is 0. The molecule has 0 radical (unpaired) electrons. The molecule has 0 heterocycles. The number of phenolic OH excluding ortho intramolecular Hbond substituents is 1. The van der Waals surface area contributed by atoms with Crippen molar-refractivity contribution in [3.8, 4) is 5.75 Å². The van der Waals surface area contributed by atoms with E-state index in [0.717, 1.165) is 18.2 Å². The van der Waals surface area contributed by atoms with Crippen molar-refractivity contribution in [2.45, 2.75) is 9.79 Å². The molecular weight excluding hydrogens is 294 g/mol. The first-order chi connectivity index (χ1) is 6.64. The van der Waals surface area contributed by atoms with Crippen molar-refractivity contribution >= 4 is 79.4 Å². The first-order valence-electron chi connectivity index (χ1n) is 3.41. The average Bonchev–Trinajstić information content (AvgIpc) is 1.99.